The Bertz CT molecular complexity index is 858. The zero-order valence-electron chi connectivity index (χ0n) is 14.9. The number of aliphatic imine (C=N–C) groups is 1. The SMILES string of the molecule is CCOC(=O)C1=C(O)C2(CC(C)=C(C)CS2=O)SC1=Nc1ccccc1. The van der Waals surface area contributed by atoms with Gasteiger partial charge in [-0.3, -0.25) is 4.21 Å². The number of nitrogens with zero attached hydrogens (tertiary/aromatic N) is 1. The first-order valence-electron chi connectivity index (χ1n) is 8.36. The van der Waals surface area contributed by atoms with Gasteiger partial charge in [-0.25, -0.2) is 9.79 Å². The van der Waals surface area contributed by atoms with Crippen molar-refractivity contribution >= 4 is 39.3 Å². The molecule has 2 unspecified atom stereocenters. The van der Waals surface area contributed by atoms with Crippen LogP contribution in [0.5, 0.6) is 0 Å². The Balaban J connectivity index is 2.12. The van der Waals surface area contributed by atoms with E-state index < -0.39 is 20.8 Å². The Hall–Kier alpha value is -1.86. The van der Waals surface area contributed by atoms with E-state index in [0.717, 1.165) is 11.1 Å². The van der Waals surface area contributed by atoms with Crippen molar-refractivity contribution in [2.45, 2.75) is 31.3 Å². The molecule has 2 atom stereocenters. The molecule has 0 saturated heterocycles. The van der Waals surface area contributed by atoms with Gasteiger partial charge >= 0.3 is 5.97 Å². The van der Waals surface area contributed by atoms with E-state index in [1.165, 1.54) is 11.8 Å². The molecule has 0 fully saturated rings. The molecule has 2 aliphatic rings. The molecule has 1 aromatic rings. The van der Waals surface area contributed by atoms with Crippen molar-refractivity contribution in [3.63, 3.8) is 0 Å². The first kappa shape index (κ1) is 18.9. The Morgan fingerprint density at radius 2 is 2.00 bits per heavy atom. The van der Waals surface area contributed by atoms with Gasteiger partial charge in [0.25, 0.3) is 0 Å². The summed E-state index contributed by atoms with van der Waals surface area (Å²) < 4.78 is 17.0. The maximum Gasteiger partial charge on any atom is 0.344 e. The smallest absolute Gasteiger partial charge is 0.344 e. The molecule has 3 rings (SSSR count). The molecule has 0 aliphatic carbocycles. The predicted molar refractivity (Wildman–Crippen MR) is 106 cm³/mol. The van der Waals surface area contributed by atoms with Crippen molar-refractivity contribution in [2.75, 3.05) is 12.4 Å². The third kappa shape index (κ3) is 3.25. The second-order valence-electron chi connectivity index (χ2n) is 6.28. The summed E-state index contributed by atoms with van der Waals surface area (Å²) in [6.45, 7) is 5.81. The zero-order valence-corrected chi connectivity index (χ0v) is 16.6. The largest absolute Gasteiger partial charge is 0.509 e. The van der Waals surface area contributed by atoms with Crippen LogP contribution in [0.3, 0.4) is 0 Å². The topological polar surface area (TPSA) is 76.0 Å². The lowest BCUT2D eigenvalue weighted by atomic mass is 10.0. The number of aliphatic hydroxyl groups excluding tert-OH is 1. The minimum Gasteiger partial charge on any atom is -0.509 e. The van der Waals surface area contributed by atoms with E-state index in [-0.39, 0.29) is 17.9 Å². The standard InChI is InChI=1S/C19H21NO4S2/c1-4-24-18(22)15-16(21)19(10-12(2)13(3)11-26(19)23)25-17(15)20-14-8-6-5-7-9-14/h5-9,21H,4,10-11H2,1-3H3. The van der Waals surface area contributed by atoms with Crippen molar-refractivity contribution in [3.05, 3.63) is 52.8 Å². The van der Waals surface area contributed by atoms with Gasteiger partial charge in [-0.2, -0.15) is 0 Å². The molecule has 7 heteroatoms. The summed E-state index contributed by atoms with van der Waals surface area (Å²) >= 11 is 1.20. The molecule has 138 valence electrons. The zero-order chi connectivity index (χ0) is 18.9. The summed E-state index contributed by atoms with van der Waals surface area (Å²) in [5.74, 6) is -0.441. The first-order chi connectivity index (χ1) is 12.4. The minimum absolute atomic E-state index is 0.0291. The van der Waals surface area contributed by atoms with E-state index in [1.807, 2.05) is 44.2 Å². The summed E-state index contributed by atoms with van der Waals surface area (Å²) in [5, 5.41) is 11.3. The summed E-state index contributed by atoms with van der Waals surface area (Å²) in [5.41, 5.74) is 2.83. The van der Waals surface area contributed by atoms with Crippen molar-refractivity contribution in [1.29, 1.82) is 0 Å². The van der Waals surface area contributed by atoms with Gasteiger partial charge in [0.2, 0.25) is 0 Å². The van der Waals surface area contributed by atoms with Crippen LogP contribution in [0, 0.1) is 0 Å². The van der Waals surface area contributed by atoms with E-state index in [2.05, 4.69) is 4.99 Å². The molecule has 0 radical (unpaired) electrons. The number of carbonyl (C=O) groups is 1. The Labute approximate surface area is 159 Å². The molecule has 5 nitrogen and oxygen atoms in total. The van der Waals surface area contributed by atoms with Crippen LogP contribution >= 0.6 is 11.8 Å². The number of allylic oxidation sites excluding steroid dienone is 1. The number of thioether (sulfide) groups is 1. The van der Waals surface area contributed by atoms with Crippen LogP contribution in [0.4, 0.5) is 5.69 Å². The fourth-order valence-corrected chi connectivity index (χ4v) is 6.51. The van der Waals surface area contributed by atoms with Gasteiger partial charge in [0.05, 0.1) is 23.1 Å². The third-order valence-electron chi connectivity index (χ3n) is 4.48. The molecule has 1 aromatic carbocycles. The molecule has 0 bridgehead atoms. The lowest BCUT2D eigenvalue weighted by molar-refractivity contribution is -0.138. The van der Waals surface area contributed by atoms with Gasteiger partial charge < -0.3 is 9.84 Å². The number of benzene rings is 1. The Kier molecular flexibility index (Phi) is 5.39. The number of hydrogen-bond donors (Lipinski definition) is 1. The molecule has 26 heavy (non-hydrogen) atoms. The van der Waals surface area contributed by atoms with E-state index in [0.29, 0.717) is 22.9 Å². The van der Waals surface area contributed by atoms with Crippen LogP contribution < -0.4 is 0 Å². The van der Waals surface area contributed by atoms with E-state index >= 15 is 0 Å². The molecule has 1 N–H and O–H groups in total. The Morgan fingerprint density at radius 3 is 2.65 bits per heavy atom. The average molecular weight is 392 g/mol. The number of esters is 1. The summed E-state index contributed by atoms with van der Waals surface area (Å²) in [6.07, 6.45) is 0.415. The fourth-order valence-electron chi connectivity index (χ4n) is 2.92. The van der Waals surface area contributed by atoms with Crippen molar-refractivity contribution in [2.24, 2.45) is 4.99 Å². The second-order valence-corrected chi connectivity index (χ2v) is 9.50. The number of rotatable bonds is 3. The number of hydrogen-bond acceptors (Lipinski definition) is 6. The maximum absolute atomic E-state index is 13.0. The highest BCUT2D eigenvalue weighted by molar-refractivity contribution is 8.23. The van der Waals surface area contributed by atoms with Crippen LogP contribution in [-0.4, -0.2) is 36.8 Å². The van der Waals surface area contributed by atoms with Gasteiger partial charge in [0, 0.05) is 12.2 Å². The molecule has 1 spiro atoms. The summed E-state index contributed by atoms with van der Waals surface area (Å²) in [4.78, 5) is 17.0. The second kappa shape index (κ2) is 7.40. The van der Waals surface area contributed by atoms with Crippen LogP contribution in [0.1, 0.15) is 27.2 Å². The third-order valence-corrected chi connectivity index (χ3v) is 8.21. The average Bonchev–Trinajstić information content (AvgIpc) is 2.87. The number of aliphatic hydroxyl groups is 1. The highest BCUT2D eigenvalue weighted by Gasteiger charge is 2.54. The normalized spacial score (nSPS) is 27.5. The lowest BCUT2D eigenvalue weighted by Gasteiger charge is -2.32. The van der Waals surface area contributed by atoms with Gasteiger partial charge in [0.15, 0.2) is 4.08 Å². The first-order valence-corrected chi connectivity index (χ1v) is 10.5. The highest BCUT2D eigenvalue weighted by atomic mass is 32.2. The molecule has 0 saturated carbocycles. The summed E-state index contributed by atoms with van der Waals surface area (Å²) in [7, 11) is -1.37. The van der Waals surface area contributed by atoms with Crippen molar-refractivity contribution in [1.82, 2.24) is 0 Å². The van der Waals surface area contributed by atoms with Crippen LogP contribution in [0.15, 0.2) is 57.8 Å². The minimum atomic E-state index is -1.37. The number of ether oxygens (including phenoxy) is 1. The molecule has 0 aromatic heterocycles. The van der Waals surface area contributed by atoms with Crippen LogP contribution in [0.2, 0.25) is 0 Å². The number of para-hydroxylation sites is 1. The lowest BCUT2D eigenvalue weighted by Crippen LogP contribution is -2.37. The van der Waals surface area contributed by atoms with Gasteiger partial charge in [0.1, 0.15) is 16.4 Å². The van der Waals surface area contributed by atoms with Gasteiger partial charge in [-0.1, -0.05) is 41.1 Å². The van der Waals surface area contributed by atoms with E-state index in [9.17, 15) is 14.1 Å². The molecular formula is C19H21NO4S2. The van der Waals surface area contributed by atoms with E-state index in [1.54, 1.807) is 6.92 Å². The molecule has 0 amide bonds. The van der Waals surface area contributed by atoms with Gasteiger partial charge in [-0.05, 0) is 32.9 Å². The fraction of sp³-hybridized carbons (Fsp3) is 0.368. The van der Waals surface area contributed by atoms with Crippen molar-refractivity contribution in [3.8, 4) is 0 Å². The van der Waals surface area contributed by atoms with Crippen molar-refractivity contribution < 1.29 is 18.8 Å². The van der Waals surface area contributed by atoms with Gasteiger partial charge in [-0.15, -0.1) is 0 Å². The van der Waals surface area contributed by atoms with Crippen LogP contribution in [0.25, 0.3) is 0 Å². The maximum atomic E-state index is 13.0. The highest BCUT2D eigenvalue weighted by Crippen LogP contribution is 2.52. The molecule has 2 heterocycles. The summed E-state index contributed by atoms with van der Waals surface area (Å²) in [6, 6.07) is 9.19. The molecular weight excluding hydrogens is 370 g/mol. The van der Waals surface area contributed by atoms with E-state index in [4.69, 9.17) is 4.74 Å². The quantitative estimate of drug-likeness (QED) is 0.622. The molecule has 2 aliphatic heterocycles. The predicted octanol–water partition coefficient (Wildman–Crippen LogP) is 4.02. The number of carbonyl (C=O) groups excluding carboxylic acids is 1. The monoisotopic (exact) mass is 391 g/mol. The Morgan fingerprint density at radius 1 is 1.31 bits per heavy atom. The van der Waals surface area contributed by atoms with Crippen LogP contribution in [-0.2, 0) is 20.3 Å².